The Balaban J connectivity index is 1.78. The largest absolute Gasteiger partial charge is 0.349 e. The van der Waals surface area contributed by atoms with Crippen molar-refractivity contribution in [3.05, 3.63) is 88.5 Å². The minimum Gasteiger partial charge on any atom is -0.349 e. The van der Waals surface area contributed by atoms with Gasteiger partial charge in [-0.15, -0.1) is 0 Å². The Kier molecular flexibility index (Phi) is 3.44. The molecule has 2 unspecified atom stereocenters. The summed E-state index contributed by atoms with van der Waals surface area (Å²) < 4.78 is 12.0. The van der Waals surface area contributed by atoms with Gasteiger partial charge in [0.05, 0.1) is 0 Å². The van der Waals surface area contributed by atoms with Crippen LogP contribution in [-0.4, -0.2) is 12.9 Å². The fourth-order valence-corrected chi connectivity index (χ4v) is 3.53. The third kappa shape index (κ3) is 2.44. The molecule has 0 amide bonds. The van der Waals surface area contributed by atoms with Gasteiger partial charge in [-0.2, -0.15) is 0 Å². The fraction of sp³-hybridized carbons (Fsp3) is 0.238. The minimum atomic E-state index is -0.625. The summed E-state index contributed by atoms with van der Waals surface area (Å²) in [4.78, 5) is 0. The van der Waals surface area contributed by atoms with Crippen molar-refractivity contribution in [3.63, 3.8) is 0 Å². The van der Waals surface area contributed by atoms with Gasteiger partial charge in [0.2, 0.25) is 0 Å². The molecule has 0 radical (unpaired) electrons. The van der Waals surface area contributed by atoms with Gasteiger partial charge in [-0.05, 0) is 40.8 Å². The highest BCUT2D eigenvalue weighted by molar-refractivity contribution is 5.61. The number of fused-ring (bicyclic) bond motifs is 4. The van der Waals surface area contributed by atoms with Crippen LogP contribution in [0.3, 0.4) is 0 Å². The normalized spacial score (nSPS) is 25.9. The van der Waals surface area contributed by atoms with E-state index in [-0.39, 0.29) is 6.10 Å². The van der Waals surface area contributed by atoms with Crippen molar-refractivity contribution in [3.8, 4) is 0 Å². The zero-order valence-corrected chi connectivity index (χ0v) is 13.5. The Morgan fingerprint density at radius 2 is 1.87 bits per heavy atom. The second kappa shape index (κ2) is 5.48. The maximum absolute atomic E-state index is 6.28. The van der Waals surface area contributed by atoms with Crippen LogP contribution in [0.1, 0.15) is 29.7 Å². The second-order valence-electron chi connectivity index (χ2n) is 6.23. The quantitative estimate of drug-likeness (QED) is 0.819. The molecule has 2 aromatic carbocycles. The molecular weight excluding hydrogens is 284 g/mol. The monoisotopic (exact) mass is 304 g/mol. The summed E-state index contributed by atoms with van der Waals surface area (Å²) in [5.74, 6) is -0.625. The highest BCUT2D eigenvalue weighted by atomic mass is 16.7. The van der Waals surface area contributed by atoms with Crippen molar-refractivity contribution in [1.82, 2.24) is 0 Å². The third-order valence-electron chi connectivity index (χ3n) is 4.73. The van der Waals surface area contributed by atoms with Crippen molar-refractivity contribution in [2.24, 2.45) is 0 Å². The van der Waals surface area contributed by atoms with Crippen LogP contribution < -0.4 is 0 Å². The fourth-order valence-electron chi connectivity index (χ4n) is 3.53. The molecule has 0 aliphatic carbocycles. The van der Waals surface area contributed by atoms with E-state index in [9.17, 15) is 0 Å². The first kappa shape index (κ1) is 14.4. The third-order valence-corrected chi connectivity index (χ3v) is 4.73. The highest BCUT2D eigenvalue weighted by Crippen LogP contribution is 2.49. The number of benzene rings is 2. The molecule has 0 aromatic heterocycles. The Morgan fingerprint density at radius 3 is 2.65 bits per heavy atom. The van der Waals surface area contributed by atoms with E-state index in [0.29, 0.717) is 0 Å². The van der Waals surface area contributed by atoms with Gasteiger partial charge < -0.3 is 9.47 Å². The summed E-state index contributed by atoms with van der Waals surface area (Å²) in [6, 6.07) is 18.9. The molecule has 0 saturated carbocycles. The molecule has 2 atom stereocenters. The molecule has 23 heavy (non-hydrogen) atoms. The average Bonchev–Trinajstić information content (AvgIpc) is 2.91. The van der Waals surface area contributed by atoms with E-state index in [1.807, 2.05) is 6.07 Å². The van der Waals surface area contributed by atoms with E-state index in [2.05, 4.69) is 67.6 Å². The molecule has 0 saturated heterocycles. The Hall–Kier alpha value is -2.16. The van der Waals surface area contributed by atoms with E-state index in [1.165, 1.54) is 27.8 Å². The topological polar surface area (TPSA) is 18.5 Å². The molecule has 2 aliphatic heterocycles. The van der Waals surface area contributed by atoms with Crippen molar-refractivity contribution in [2.75, 3.05) is 7.11 Å². The van der Waals surface area contributed by atoms with E-state index < -0.39 is 5.79 Å². The van der Waals surface area contributed by atoms with Gasteiger partial charge in [-0.1, -0.05) is 60.7 Å². The molecule has 116 valence electrons. The van der Waals surface area contributed by atoms with E-state index >= 15 is 0 Å². The molecule has 0 N–H and O–H groups in total. The van der Waals surface area contributed by atoms with Gasteiger partial charge in [-0.3, -0.25) is 0 Å². The average molecular weight is 304 g/mol. The van der Waals surface area contributed by atoms with E-state index in [0.717, 1.165) is 6.42 Å². The van der Waals surface area contributed by atoms with E-state index in [4.69, 9.17) is 9.47 Å². The van der Waals surface area contributed by atoms with Gasteiger partial charge in [0.25, 0.3) is 0 Å². The van der Waals surface area contributed by atoms with Crippen molar-refractivity contribution in [1.29, 1.82) is 0 Å². The van der Waals surface area contributed by atoms with Crippen LogP contribution in [0.5, 0.6) is 0 Å². The van der Waals surface area contributed by atoms with Crippen molar-refractivity contribution < 1.29 is 9.47 Å². The molecule has 2 bridgehead atoms. The van der Waals surface area contributed by atoms with Crippen LogP contribution in [0.15, 0.2) is 71.8 Å². The lowest BCUT2D eigenvalue weighted by Gasteiger charge is -2.33. The molecule has 0 fully saturated rings. The zero-order chi connectivity index (χ0) is 15.9. The highest BCUT2D eigenvalue weighted by Gasteiger charge is 2.46. The van der Waals surface area contributed by atoms with Crippen LogP contribution >= 0.6 is 0 Å². The van der Waals surface area contributed by atoms with Crippen LogP contribution in [0.2, 0.25) is 0 Å². The van der Waals surface area contributed by atoms with Crippen molar-refractivity contribution >= 4 is 6.08 Å². The van der Waals surface area contributed by atoms with Crippen LogP contribution in [-0.2, 0) is 15.9 Å². The van der Waals surface area contributed by atoms with Gasteiger partial charge in [-0.25, -0.2) is 0 Å². The molecule has 2 aromatic rings. The Morgan fingerprint density at radius 1 is 1.13 bits per heavy atom. The standard InChI is InChI=1S/C21H20O2/c1-15(12-16-8-4-3-5-9-16)19-14-21(22-2)13-17-10-6-7-11-18(17)20(19)23-21/h3-12,14,20H,13H2,1-2H3/b15-12+. The number of hydrogen-bond donors (Lipinski definition) is 0. The summed E-state index contributed by atoms with van der Waals surface area (Å²) >= 11 is 0. The smallest absolute Gasteiger partial charge is 0.193 e. The van der Waals surface area contributed by atoms with Crippen LogP contribution in [0, 0.1) is 0 Å². The summed E-state index contributed by atoms with van der Waals surface area (Å²) in [5, 5.41) is 0. The molecule has 2 heterocycles. The Labute approximate surface area is 137 Å². The lowest BCUT2D eigenvalue weighted by Crippen LogP contribution is -2.36. The Bertz CT molecular complexity index is 788. The first-order valence-corrected chi connectivity index (χ1v) is 7.98. The lowest BCUT2D eigenvalue weighted by atomic mass is 9.92. The van der Waals surface area contributed by atoms with Gasteiger partial charge in [0, 0.05) is 13.5 Å². The predicted octanol–water partition coefficient (Wildman–Crippen LogP) is 4.69. The number of ether oxygens (including phenoxy) is 2. The van der Waals surface area contributed by atoms with Gasteiger partial charge in [0.1, 0.15) is 6.10 Å². The van der Waals surface area contributed by atoms with Crippen LogP contribution in [0.25, 0.3) is 6.08 Å². The molecule has 2 nitrogen and oxygen atoms in total. The second-order valence-corrected chi connectivity index (χ2v) is 6.23. The van der Waals surface area contributed by atoms with Gasteiger partial charge in [0.15, 0.2) is 5.79 Å². The number of rotatable bonds is 3. The van der Waals surface area contributed by atoms with E-state index in [1.54, 1.807) is 7.11 Å². The molecule has 2 heteroatoms. The zero-order valence-electron chi connectivity index (χ0n) is 13.5. The van der Waals surface area contributed by atoms with Gasteiger partial charge >= 0.3 is 0 Å². The summed E-state index contributed by atoms with van der Waals surface area (Å²) in [5.41, 5.74) is 6.19. The maximum atomic E-state index is 6.28. The first-order valence-electron chi connectivity index (χ1n) is 7.98. The van der Waals surface area contributed by atoms with Crippen molar-refractivity contribution in [2.45, 2.75) is 25.2 Å². The molecule has 0 spiro atoms. The molecule has 4 rings (SSSR count). The SMILES string of the molecule is COC12C=C(/C(C)=C/c3ccccc3)C(O1)c1ccccc1C2. The summed E-state index contributed by atoms with van der Waals surface area (Å²) in [6.07, 6.45) is 5.09. The predicted molar refractivity (Wildman–Crippen MR) is 91.9 cm³/mol. The lowest BCUT2D eigenvalue weighted by molar-refractivity contribution is -0.200. The minimum absolute atomic E-state index is 0.0418. The van der Waals surface area contributed by atoms with Crippen LogP contribution in [0.4, 0.5) is 0 Å². The summed E-state index contributed by atoms with van der Waals surface area (Å²) in [6.45, 7) is 2.15. The summed E-state index contributed by atoms with van der Waals surface area (Å²) in [7, 11) is 1.72. The molecule has 2 aliphatic rings. The maximum Gasteiger partial charge on any atom is 0.193 e. The first-order chi connectivity index (χ1) is 11.2. The number of methoxy groups -OCH3 is 1. The molecular formula is C21H20O2. The number of hydrogen-bond acceptors (Lipinski definition) is 2.